The topological polar surface area (TPSA) is 39.7 Å². The van der Waals surface area contributed by atoms with Crippen molar-refractivity contribution in [2.45, 2.75) is 31.9 Å². The Morgan fingerprint density at radius 3 is 2.13 bits per heavy atom. The lowest BCUT2D eigenvalue weighted by molar-refractivity contribution is 0.123. The van der Waals surface area contributed by atoms with Crippen LogP contribution in [-0.2, 0) is 13.3 Å². The van der Waals surface area contributed by atoms with Gasteiger partial charge in [0.25, 0.3) is 0 Å². The Hall–Kier alpha value is 0.274. The van der Waals surface area contributed by atoms with E-state index in [1.54, 1.807) is 21.3 Å². The molecule has 0 spiro atoms. The summed E-state index contributed by atoms with van der Waals surface area (Å²) in [6.07, 6.45) is 2.39. The summed E-state index contributed by atoms with van der Waals surface area (Å²) in [5, 5.41) is 0. The van der Waals surface area contributed by atoms with Crippen molar-refractivity contribution in [3.05, 3.63) is 0 Å². The summed E-state index contributed by atoms with van der Waals surface area (Å²) in [5.74, 6) is 0. The molecule has 0 bridgehead atoms. The number of rotatable bonds is 10. The minimum atomic E-state index is -2.29. The van der Waals surface area contributed by atoms with Gasteiger partial charge in [-0.3, -0.25) is 0 Å². The molecule has 0 aromatic carbocycles. The third-order valence-electron chi connectivity index (χ3n) is 2.52. The zero-order valence-corrected chi connectivity index (χ0v) is 12.9. The second-order valence-corrected chi connectivity index (χ2v) is 8.26. The van der Waals surface area contributed by atoms with E-state index < -0.39 is 8.80 Å². The van der Waals surface area contributed by atoms with Crippen LogP contribution in [0.1, 0.15) is 19.8 Å². The Labute approximate surface area is 97.0 Å². The molecule has 0 amide bonds. The molecule has 0 aliphatic heterocycles. The van der Waals surface area contributed by atoms with Crippen molar-refractivity contribution < 1.29 is 13.3 Å². The molecule has 6 heteroatoms. The highest BCUT2D eigenvalue weighted by molar-refractivity contribution is 6.60. The maximum atomic E-state index is 5.35. The maximum Gasteiger partial charge on any atom is 0.500 e. The van der Waals surface area contributed by atoms with E-state index >= 15 is 0 Å². The van der Waals surface area contributed by atoms with E-state index in [0.29, 0.717) is 0 Å². The predicted molar refractivity (Wildman–Crippen MR) is 67.8 cm³/mol. The van der Waals surface area contributed by atoms with Gasteiger partial charge in [-0.25, -0.2) is 0 Å². The molecular weight excluding hydrogens is 226 g/mol. The SMILES string of the molecule is CCN[SiH2]CCCC[Si](OC)(OC)OC. The van der Waals surface area contributed by atoms with Gasteiger partial charge in [0.15, 0.2) is 0 Å². The van der Waals surface area contributed by atoms with Crippen LogP contribution in [0.3, 0.4) is 0 Å². The van der Waals surface area contributed by atoms with Crippen LogP contribution in [0.15, 0.2) is 0 Å². The van der Waals surface area contributed by atoms with Crippen molar-refractivity contribution in [3.8, 4) is 0 Å². The molecule has 0 fully saturated rings. The maximum absolute atomic E-state index is 5.35. The summed E-state index contributed by atoms with van der Waals surface area (Å²) in [4.78, 5) is 3.44. The highest BCUT2D eigenvalue weighted by atomic mass is 28.4. The Kier molecular flexibility index (Phi) is 9.67. The van der Waals surface area contributed by atoms with Gasteiger partial charge in [-0.1, -0.05) is 13.3 Å². The third kappa shape index (κ3) is 6.44. The highest BCUT2D eigenvalue weighted by Crippen LogP contribution is 2.16. The average Bonchev–Trinajstić information content (AvgIpc) is 2.29. The van der Waals surface area contributed by atoms with E-state index in [9.17, 15) is 0 Å². The van der Waals surface area contributed by atoms with Gasteiger partial charge in [0.05, 0.1) is 9.68 Å². The van der Waals surface area contributed by atoms with Crippen molar-refractivity contribution in [2.75, 3.05) is 27.9 Å². The Balaban J connectivity index is 3.54. The molecule has 0 aromatic rings. The van der Waals surface area contributed by atoms with E-state index in [1.807, 2.05) is 0 Å². The summed E-state index contributed by atoms with van der Waals surface area (Å²) >= 11 is 0. The molecule has 0 saturated carbocycles. The van der Waals surface area contributed by atoms with Gasteiger partial charge in [0.1, 0.15) is 0 Å². The molecule has 0 heterocycles. The van der Waals surface area contributed by atoms with E-state index in [0.717, 1.165) is 19.0 Å². The Morgan fingerprint density at radius 1 is 1.07 bits per heavy atom. The largest absolute Gasteiger partial charge is 0.500 e. The minimum Gasteiger partial charge on any atom is -0.377 e. The number of hydrogen-bond acceptors (Lipinski definition) is 4. The van der Waals surface area contributed by atoms with Crippen molar-refractivity contribution >= 4 is 18.5 Å². The lowest BCUT2D eigenvalue weighted by Crippen LogP contribution is -2.42. The van der Waals surface area contributed by atoms with Gasteiger partial charge in [-0.15, -0.1) is 0 Å². The number of hydrogen-bond donors (Lipinski definition) is 1. The Morgan fingerprint density at radius 2 is 1.67 bits per heavy atom. The molecule has 0 saturated heterocycles. The summed E-state index contributed by atoms with van der Waals surface area (Å²) in [7, 11) is 2.70. The van der Waals surface area contributed by atoms with Crippen LogP contribution in [0.2, 0.25) is 12.1 Å². The van der Waals surface area contributed by atoms with Crippen molar-refractivity contribution in [1.29, 1.82) is 0 Å². The Bertz CT molecular complexity index is 137. The van der Waals surface area contributed by atoms with E-state index in [2.05, 4.69) is 11.9 Å². The smallest absolute Gasteiger partial charge is 0.377 e. The first kappa shape index (κ1) is 15.3. The first-order valence-corrected chi connectivity index (χ1v) is 9.24. The standard InChI is InChI=1S/C9H25NO3Si2/c1-5-10-14-8-6-7-9-15(11-2,12-3)13-4/h10H,5-9,14H2,1-4H3. The fourth-order valence-corrected chi connectivity index (χ4v) is 4.50. The molecule has 0 unspecified atom stereocenters. The lowest BCUT2D eigenvalue weighted by Gasteiger charge is -2.24. The molecule has 15 heavy (non-hydrogen) atoms. The number of nitrogens with one attached hydrogen (secondary N) is 1. The van der Waals surface area contributed by atoms with Crippen molar-refractivity contribution in [2.24, 2.45) is 0 Å². The zero-order chi connectivity index (χ0) is 11.6. The summed E-state index contributed by atoms with van der Waals surface area (Å²) < 4.78 is 16.1. The summed E-state index contributed by atoms with van der Waals surface area (Å²) in [5.41, 5.74) is 0. The fraction of sp³-hybridized carbons (Fsp3) is 1.00. The van der Waals surface area contributed by atoms with Gasteiger partial charge in [0.2, 0.25) is 0 Å². The van der Waals surface area contributed by atoms with Crippen LogP contribution < -0.4 is 4.98 Å². The molecule has 92 valence electrons. The monoisotopic (exact) mass is 251 g/mol. The molecule has 0 aliphatic rings. The van der Waals surface area contributed by atoms with Crippen LogP contribution in [0.4, 0.5) is 0 Å². The molecule has 1 N–H and O–H groups in total. The zero-order valence-electron chi connectivity index (χ0n) is 10.5. The van der Waals surface area contributed by atoms with Crippen LogP contribution in [0.5, 0.6) is 0 Å². The normalized spacial score (nSPS) is 12.8. The second-order valence-electron chi connectivity index (χ2n) is 3.46. The average molecular weight is 251 g/mol. The fourth-order valence-electron chi connectivity index (χ4n) is 1.50. The lowest BCUT2D eigenvalue weighted by atomic mass is 10.4. The van der Waals surface area contributed by atoms with Gasteiger partial charge in [-0.05, 0) is 19.0 Å². The molecule has 0 rings (SSSR count). The van der Waals surface area contributed by atoms with Gasteiger partial charge >= 0.3 is 8.80 Å². The highest BCUT2D eigenvalue weighted by Gasteiger charge is 2.36. The second kappa shape index (κ2) is 9.50. The van der Waals surface area contributed by atoms with Gasteiger partial charge in [0, 0.05) is 27.4 Å². The number of unbranched alkanes of at least 4 members (excludes halogenated alkanes) is 1. The van der Waals surface area contributed by atoms with Crippen LogP contribution >= 0.6 is 0 Å². The minimum absolute atomic E-state index is 0.0287. The van der Waals surface area contributed by atoms with Crippen molar-refractivity contribution in [3.63, 3.8) is 0 Å². The molecule has 0 atom stereocenters. The molecule has 0 aromatic heterocycles. The van der Waals surface area contributed by atoms with Crippen LogP contribution in [-0.4, -0.2) is 46.4 Å². The van der Waals surface area contributed by atoms with E-state index in [1.165, 1.54) is 12.5 Å². The first-order chi connectivity index (χ1) is 7.24. The van der Waals surface area contributed by atoms with Crippen LogP contribution in [0, 0.1) is 0 Å². The summed E-state index contributed by atoms with van der Waals surface area (Å²) in [6, 6.07) is 2.27. The van der Waals surface area contributed by atoms with E-state index in [-0.39, 0.29) is 9.68 Å². The molecule has 0 radical (unpaired) electrons. The summed E-state index contributed by atoms with van der Waals surface area (Å²) in [6.45, 7) is 3.27. The van der Waals surface area contributed by atoms with Crippen molar-refractivity contribution in [1.82, 2.24) is 4.98 Å². The predicted octanol–water partition coefficient (Wildman–Crippen LogP) is 0.756. The third-order valence-corrected chi connectivity index (χ3v) is 7.06. The van der Waals surface area contributed by atoms with Crippen LogP contribution in [0.25, 0.3) is 0 Å². The first-order valence-electron chi connectivity index (χ1n) is 5.60. The quantitative estimate of drug-likeness (QED) is 0.460. The molecule has 0 aliphatic carbocycles. The molecule has 4 nitrogen and oxygen atoms in total. The van der Waals surface area contributed by atoms with Gasteiger partial charge < -0.3 is 18.3 Å². The molecular formula is C9H25NO3Si2. The van der Waals surface area contributed by atoms with E-state index in [4.69, 9.17) is 13.3 Å². The van der Waals surface area contributed by atoms with Gasteiger partial charge in [-0.2, -0.15) is 0 Å².